The molecule has 1 rings (SSSR count). The molecule has 0 saturated heterocycles. The van der Waals surface area contributed by atoms with Crippen LogP contribution in [0.2, 0.25) is 0 Å². The first-order valence-electron chi connectivity index (χ1n) is 6.58. The predicted octanol–water partition coefficient (Wildman–Crippen LogP) is 3.74. The summed E-state index contributed by atoms with van der Waals surface area (Å²) in [5.74, 6) is 0.210. The Morgan fingerprint density at radius 1 is 1.28 bits per heavy atom. The summed E-state index contributed by atoms with van der Waals surface area (Å²) in [6.45, 7) is 8.79. The van der Waals surface area contributed by atoms with Gasteiger partial charge in [0.15, 0.2) is 0 Å². The molecule has 0 aliphatic carbocycles. The van der Waals surface area contributed by atoms with Crippen molar-refractivity contribution >= 4 is 11.5 Å². The van der Waals surface area contributed by atoms with Gasteiger partial charge in [0.2, 0.25) is 5.91 Å². The average molecular weight is 245 g/mol. The van der Waals surface area contributed by atoms with Gasteiger partial charge < -0.3 is 4.90 Å². The first-order valence-corrected chi connectivity index (χ1v) is 6.58. The third-order valence-corrected chi connectivity index (χ3v) is 3.07. The highest BCUT2D eigenvalue weighted by atomic mass is 16.2. The number of allylic oxidation sites excluding steroid dienone is 1. The first-order chi connectivity index (χ1) is 8.56. The third kappa shape index (κ3) is 4.02. The van der Waals surface area contributed by atoms with Gasteiger partial charge in [-0.2, -0.15) is 0 Å². The Labute approximate surface area is 110 Å². The number of hydrogen-bond donors (Lipinski definition) is 0. The van der Waals surface area contributed by atoms with Gasteiger partial charge in [0.25, 0.3) is 0 Å². The molecule has 0 aromatic heterocycles. The Morgan fingerprint density at radius 2 is 1.89 bits per heavy atom. The zero-order valence-electron chi connectivity index (χ0n) is 11.8. The second kappa shape index (κ2) is 7.00. The fourth-order valence-electron chi connectivity index (χ4n) is 1.86. The lowest BCUT2D eigenvalue weighted by atomic mass is 10.1. The second-order valence-electron chi connectivity index (χ2n) is 4.75. The topological polar surface area (TPSA) is 20.3 Å². The molecule has 1 aromatic carbocycles. The Morgan fingerprint density at radius 3 is 2.39 bits per heavy atom. The number of rotatable bonds is 5. The molecule has 2 nitrogen and oxygen atoms in total. The molecule has 0 aliphatic heterocycles. The molecule has 0 radical (unpaired) electrons. The molecule has 1 amide bonds. The molecule has 0 fully saturated rings. The van der Waals surface area contributed by atoms with Crippen molar-refractivity contribution in [3.8, 4) is 0 Å². The van der Waals surface area contributed by atoms with E-state index in [1.165, 1.54) is 11.1 Å². The molecule has 0 spiro atoms. The highest BCUT2D eigenvalue weighted by Crippen LogP contribution is 2.13. The molecule has 2 heteroatoms. The molecule has 0 N–H and O–H groups in total. The Bertz CT molecular complexity index is 406. The predicted molar refractivity (Wildman–Crippen MR) is 77.2 cm³/mol. The molecule has 1 aromatic rings. The maximum Gasteiger partial charge on any atom is 0.222 e. The van der Waals surface area contributed by atoms with Gasteiger partial charge >= 0.3 is 0 Å². The highest BCUT2D eigenvalue weighted by Gasteiger charge is 2.13. The van der Waals surface area contributed by atoms with E-state index in [0.29, 0.717) is 13.0 Å². The second-order valence-corrected chi connectivity index (χ2v) is 4.75. The van der Waals surface area contributed by atoms with Gasteiger partial charge in [0.1, 0.15) is 0 Å². The van der Waals surface area contributed by atoms with Crippen molar-refractivity contribution in [2.45, 2.75) is 40.2 Å². The van der Waals surface area contributed by atoms with E-state index >= 15 is 0 Å². The summed E-state index contributed by atoms with van der Waals surface area (Å²) in [7, 11) is 0. The molecular weight excluding hydrogens is 222 g/mol. The van der Waals surface area contributed by atoms with Crippen LogP contribution < -0.4 is 0 Å². The fourth-order valence-corrected chi connectivity index (χ4v) is 1.86. The largest absolute Gasteiger partial charge is 0.337 e. The van der Waals surface area contributed by atoms with Gasteiger partial charge in [-0.3, -0.25) is 4.79 Å². The molecule has 0 aliphatic rings. The van der Waals surface area contributed by atoms with Crippen LogP contribution in [0.25, 0.3) is 5.57 Å². The van der Waals surface area contributed by atoms with Gasteiger partial charge in [-0.15, -0.1) is 0 Å². The summed E-state index contributed by atoms with van der Waals surface area (Å²) in [6.07, 6.45) is 2.69. The maximum atomic E-state index is 11.8. The minimum absolute atomic E-state index is 0.210. The van der Waals surface area contributed by atoms with Crippen molar-refractivity contribution in [1.29, 1.82) is 0 Å². The molecular formula is C16H23NO. The molecule has 0 unspecified atom stereocenters. The Kier molecular flexibility index (Phi) is 5.63. The number of carbonyl (C=O) groups excluding carboxylic acids is 1. The van der Waals surface area contributed by atoms with Crippen LogP contribution in [0, 0.1) is 0 Å². The lowest BCUT2D eigenvalue weighted by molar-refractivity contribution is -0.131. The quantitative estimate of drug-likeness (QED) is 0.774. The molecule has 98 valence electrons. The van der Waals surface area contributed by atoms with E-state index in [9.17, 15) is 4.79 Å². The Hall–Kier alpha value is -1.57. The molecule has 0 saturated carbocycles. The van der Waals surface area contributed by atoms with Gasteiger partial charge in [0.05, 0.1) is 0 Å². The van der Waals surface area contributed by atoms with Crippen molar-refractivity contribution in [1.82, 2.24) is 4.90 Å². The third-order valence-electron chi connectivity index (χ3n) is 3.07. The van der Waals surface area contributed by atoms with Crippen molar-refractivity contribution in [2.75, 3.05) is 6.54 Å². The van der Waals surface area contributed by atoms with Crippen LogP contribution in [-0.2, 0) is 4.79 Å². The molecule has 0 bridgehead atoms. The number of nitrogens with zero attached hydrogens (tertiary/aromatic N) is 1. The Balaban J connectivity index is 2.75. The van der Waals surface area contributed by atoms with Gasteiger partial charge in [-0.05, 0) is 31.9 Å². The summed E-state index contributed by atoms with van der Waals surface area (Å²) >= 11 is 0. The van der Waals surface area contributed by atoms with Crippen LogP contribution in [0.4, 0.5) is 0 Å². The minimum Gasteiger partial charge on any atom is -0.337 e. The van der Waals surface area contributed by atoms with E-state index < -0.39 is 0 Å². The van der Waals surface area contributed by atoms with Gasteiger partial charge in [0, 0.05) is 19.0 Å². The van der Waals surface area contributed by atoms with E-state index in [1.54, 1.807) is 0 Å². The highest BCUT2D eigenvalue weighted by molar-refractivity contribution is 5.76. The van der Waals surface area contributed by atoms with Gasteiger partial charge in [-0.1, -0.05) is 43.3 Å². The van der Waals surface area contributed by atoms with Crippen LogP contribution >= 0.6 is 0 Å². The van der Waals surface area contributed by atoms with Crippen molar-refractivity contribution in [2.24, 2.45) is 0 Å². The van der Waals surface area contributed by atoms with E-state index in [0.717, 1.165) is 0 Å². The molecule has 0 atom stereocenters. The average Bonchev–Trinajstić information content (AvgIpc) is 2.39. The zero-order chi connectivity index (χ0) is 13.5. The van der Waals surface area contributed by atoms with Crippen LogP contribution in [0.5, 0.6) is 0 Å². The number of amides is 1. The number of benzene rings is 1. The molecule has 0 heterocycles. The zero-order valence-corrected chi connectivity index (χ0v) is 11.8. The standard InChI is InChI=1S/C16H23NO/c1-5-16(18)17(13(2)3)12-11-14(4)15-9-7-6-8-10-15/h6-11,13H,5,12H2,1-4H3/b14-11+. The van der Waals surface area contributed by atoms with Crippen LogP contribution in [0.3, 0.4) is 0 Å². The summed E-state index contributed by atoms with van der Waals surface area (Å²) in [4.78, 5) is 13.7. The summed E-state index contributed by atoms with van der Waals surface area (Å²) in [5.41, 5.74) is 2.43. The SMILES string of the molecule is CCC(=O)N(C/C=C(\C)c1ccccc1)C(C)C. The van der Waals surface area contributed by atoms with Crippen LogP contribution in [-0.4, -0.2) is 23.4 Å². The van der Waals surface area contributed by atoms with Crippen molar-refractivity contribution in [3.63, 3.8) is 0 Å². The summed E-state index contributed by atoms with van der Waals surface area (Å²) in [6, 6.07) is 10.5. The lowest BCUT2D eigenvalue weighted by Crippen LogP contribution is -2.36. The van der Waals surface area contributed by atoms with E-state index in [-0.39, 0.29) is 11.9 Å². The number of carbonyl (C=O) groups is 1. The normalized spacial score (nSPS) is 11.7. The minimum atomic E-state index is 0.210. The summed E-state index contributed by atoms with van der Waals surface area (Å²) in [5, 5.41) is 0. The van der Waals surface area contributed by atoms with E-state index in [2.05, 4.69) is 39.0 Å². The van der Waals surface area contributed by atoms with Crippen molar-refractivity contribution in [3.05, 3.63) is 42.0 Å². The first kappa shape index (κ1) is 14.5. The van der Waals surface area contributed by atoms with E-state index in [1.807, 2.05) is 30.0 Å². The lowest BCUT2D eigenvalue weighted by Gasteiger charge is -2.25. The van der Waals surface area contributed by atoms with Gasteiger partial charge in [-0.25, -0.2) is 0 Å². The maximum absolute atomic E-state index is 11.8. The smallest absolute Gasteiger partial charge is 0.222 e. The molecule has 18 heavy (non-hydrogen) atoms. The van der Waals surface area contributed by atoms with E-state index in [4.69, 9.17) is 0 Å². The monoisotopic (exact) mass is 245 g/mol. The number of hydrogen-bond acceptors (Lipinski definition) is 1. The van der Waals surface area contributed by atoms with Crippen LogP contribution in [0.1, 0.15) is 39.7 Å². The fraction of sp³-hybridized carbons (Fsp3) is 0.438. The van der Waals surface area contributed by atoms with Crippen molar-refractivity contribution < 1.29 is 4.79 Å². The van der Waals surface area contributed by atoms with Crippen LogP contribution in [0.15, 0.2) is 36.4 Å². The summed E-state index contributed by atoms with van der Waals surface area (Å²) < 4.78 is 0.